The fraction of sp³-hybridized carbons (Fsp3) is 0.222. The number of pyridine rings is 1. The molecular formula is C27H29N5O2. The molecule has 1 amide bonds. The van der Waals surface area contributed by atoms with Gasteiger partial charge in [-0.3, -0.25) is 9.48 Å². The molecule has 7 nitrogen and oxygen atoms in total. The van der Waals surface area contributed by atoms with Crippen LogP contribution in [0, 0.1) is 0 Å². The molecule has 34 heavy (non-hydrogen) atoms. The lowest BCUT2D eigenvalue weighted by Gasteiger charge is -2.18. The van der Waals surface area contributed by atoms with Crippen LogP contribution in [0.25, 0.3) is 11.1 Å². The van der Waals surface area contributed by atoms with Crippen LogP contribution in [0.5, 0.6) is 5.75 Å². The maximum absolute atomic E-state index is 12.8. The van der Waals surface area contributed by atoms with Crippen LogP contribution in [0.4, 0.5) is 11.5 Å². The molecule has 2 aromatic heterocycles. The van der Waals surface area contributed by atoms with Crippen LogP contribution >= 0.6 is 0 Å². The minimum absolute atomic E-state index is 0.147. The summed E-state index contributed by atoms with van der Waals surface area (Å²) in [5.41, 5.74) is 11.2. The third kappa shape index (κ3) is 5.26. The summed E-state index contributed by atoms with van der Waals surface area (Å²) < 4.78 is 7.89. The minimum Gasteiger partial charge on any atom is -0.482 e. The van der Waals surface area contributed by atoms with Gasteiger partial charge in [0.15, 0.2) is 11.6 Å². The van der Waals surface area contributed by atoms with Gasteiger partial charge in [0.25, 0.3) is 5.91 Å². The van der Waals surface area contributed by atoms with Crippen molar-refractivity contribution in [3.63, 3.8) is 0 Å². The van der Waals surface area contributed by atoms with Gasteiger partial charge >= 0.3 is 0 Å². The van der Waals surface area contributed by atoms with Gasteiger partial charge in [0.1, 0.15) is 6.10 Å². The van der Waals surface area contributed by atoms with E-state index < -0.39 is 0 Å². The lowest BCUT2D eigenvalue weighted by molar-refractivity contribution is 0.102. The Morgan fingerprint density at radius 3 is 2.50 bits per heavy atom. The number of nitrogen functional groups attached to an aromatic ring is 1. The Hall–Kier alpha value is -4.13. The molecule has 0 saturated heterocycles. The van der Waals surface area contributed by atoms with Crippen molar-refractivity contribution in [2.45, 2.75) is 32.8 Å². The number of rotatable bonds is 7. The summed E-state index contributed by atoms with van der Waals surface area (Å²) in [6.45, 7) is 6.15. The van der Waals surface area contributed by atoms with Crippen LogP contribution in [0.1, 0.15) is 54.3 Å². The second-order valence-electron chi connectivity index (χ2n) is 8.63. The lowest BCUT2D eigenvalue weighted by Crippen LogP contribution is -2.13. The van der Waals surface area contributed by atoms with Crippen molar-refractivity contribution < 1.29 is 9.53 Å². The molecule has 1 atom stereocenters. The van der Waals surface area contributed by atoms with E-state index in [2.05, 4.69) is 29.2 Å². The number of hydrogen-bond donors (Lipinski definition) is 2. The number of hydrogen-bond acceptors (Lipinski definition) is 5. The number of nitrogens with two attached hydrogens (primary N) is 1. The Morgan fingerprint density at radius 2 is 1.76 bits per heavy atom. The molecule has 0 fully saturated rings. The molecule has 0 aliphatic carbocycles. The molecule has 7 heteroatoms. The number of aryl methyl sites for hydroxylation is 1. The van der Waals surface area contributed by atoms with E-state index in [0.717, 1.165) is 22.3 Å². The quantitative estimate of drug-likeness (QED) is 0.379. The SMILES string of the molecule is CC(C)c1cccc(C(=O)Nc2cccc(C(C)Oc3cc(-c4cnn(C)c4)cnc3N)c2)c1. The normalized spacial score (nSPS) is 11.9. The van der Waals surface area contributed by atoms with Crippen molar-refractivity contribution in [2.24, 2.45) is 7.05 Å². The van der Waals surface area contributed by atoms with E-state index in [-0.39, 0.29) is 12.0 Å². The third-order valence-electron chi connectivity index (χ3n) is 5.65. The van der Waals surface area contributed by atoms with Crippen LogP contribution in [0.2, 0.25) is 0 Å². The van der Waals surface area contributed by atoms with Crippen LogP contribution in [0.15, 0.2) is 73.2 Å². The first-order valence-corrected chi connectivity index (χ1v) is 11.2. The number of aromatic nitrogens is 3. The highest BCUT2D eigenvalue weighted by atomic mass is 16.5. The fourth-order valence-electron chi connectivity index (χ4n) is 3.65. The highest BCUT2D eigenvalue weighted by molar-refractivity contribution is 6.04. The zero-order valence-electron chi connectivity index (χ0n) is 19.8. The Bertz CT molecular complexity index is 1310. The summed E-state index contributed by atoms with van der Waals surface area (Å²) in [5.74, 6) is 1.02. The molecule has 1 unspecified atom stereocenters. The predicted molar refractivity (Wildman–Crippen MR) is 135 cm³/mol. The lowest BCUT2D eigenvalue weighted by atomic mass is 10.0. The molecular weight excluding hydrogens is 426 g/mol. The van der Waals surface area contributed by atoms with Crippen LogP contribution < -0.4 is 15.8 Å². The van der Waals surface area contributed by atoms with Gasteiger partial charge in [0.05, 0.1) is 6.20 Å². The average molecular weight is 456 g/mol. The van der Waals surface area contributed by atoms with E-state index >= 15 is 0 Å². The highest BCUT2D eigenvalue weighted by Gasteiger charge is 2.14. The number of ether oxygens (including phenoxy) is 1. The molecule has 3 N–H and O–H groups in total. The van der Waals surface area contributed by atoms with Crippen molar-refractivity contribution >= 4 is 17.4 Å². The van der Waals surface area contributed by atoms with E-state index in [1.165, 1.54) is 0 Å². The van der Waals surface area contributed by atoms with E-state index in [4.69, 9.17) is 10.5 Å². The van der Waals surface area contributed by atoms with Gasteiger partial charge in [-0.25, -0.2) is 4.98 Å². The first-order valence-electron chi connectivity index (χ1n) is 11.2. The fourth-order valence-corrected chi connectivity index (χ4v) is 3.65. The van der Waals surface area contributed by atoms with Crippen molar-refractivity contribution in [1.29, 1.82) is 0 Å². The van der Waals surface area contributed by atoms with Gasteiger partial charge in [-0.2, -0.15) is 5.10 Å². The largest absolute Gasteiger partial charge is 0.482 e. The standard InChI is InChI=1S/C27H29N5O2/c1-17(2)19-7-5-9-21(11-19)27(33)31-24-10-6-8-20(12-24)18(3)34-25-13-22(14-29-26(25)28)23-15-30-32(4)16-23/h5-18H,1-4H3,(H2,28,29)(H,31,33). The zero-order valence-corrected chi connectivity index (χ0v) is 19.8. The summed E-state index contributed by atoms with van der Waals surface area (Å²) in [4.78, 5) is 17.1. The number of amides is 1. The molecule has 0 radical (unpaired) electrons. The molecule has 0 saturated carbocycles. The molecule has 0 bridgehead atoms. The summed E-state index contributed by atoms with van der Waals surface area (Å²) in [7, 11) is 1.86. The van der Waals surface area contributed by atoms with Crippen molar-refractivity contribution in [2.75, 3.05) is 11.1 Å². The van der Waals surface area contributed by atoms with Crippen LogP contribution in [0.3, 0.4) is 0 Å². The second-order valence-corrected chi connectivity index (χ2v) is 8.63. The smallest absolute Gasteiger partial charge is 0.255 e. The summed E-state index contributed by atoms with van der Waals surface area (Å²) in [6, 6.07) is 17.2. The first-order chi connectivity index (χ1) is 16.3. The minimum atomic E-state index is -0.311. The number of nitrogens with zero attached hydrogens (tertiary/aromatic N) is 3. The average Bonchev–Trinajstić information content (AvgIpc) is 3.27. The second kappa shape index (κ2) is 9.79. The van der Waals surface area contributed by atoms with E-state index in [1.54, 1.807) is 17.1 Å². The Balaban J connectivity index is 1.50. The predicted octanol–water partition coefficient (Wildman–Crippen LogP) is 5.58. The topological polar surface area (TPSA) is 95.1 Å². The molecule has 2 aromatic carbocycles. The Labute approximate surface area is 199 Å². The van der Waals surface area contributed by atoms with Gasteiger partial charge in [0.2, 0.25) is 0 Å². The summed E-state index contributed by atoms with van der Waals surface area (Å²) >= 11 is 0. The molecule has 0 aliphatic rings. The molecule has 0 spiro atoms. The van der Waals surface area contributed by atoms with Crippen molar-refractivity contribution in [3.8, 4) is 16.9 Å². The zero-order chi connectivity index (χ0) is 24.2. The van der Waals surface area contributed by atoms with Crippen LogP contribution in [-0.2, 0) is 7.05 Å². The van der Waals surface area contributed by atoms with Crippen LogP contribution in [-0.4, -0.2) is 20.7 Å². The van der Waals surface area contributed by atoms with E-state index in [1.807, 2.05) is 74.8 Å². The number of anilines is 2. The molecule has 174 valence electrons. The van der Waals surface area contributed by atoms with Gasteiger partial charge in [-0.1, -0.05) is 38.1 Å². The summed E-state index contributed by atoms with van der Waals surface area (Å²) in [5, 5.41) is 7.19. The maximum atomic E-state index is 12.8. The monoisotopic (exact) mass is 455 g/mol. The summed E-state index contributed by atoms with van der Waals surface area (Å²) in [6.07, 6.45) is 5.07. The Kier molecular flexibility index (Phi) is 6.63. The van der Waals surface area contributed by atoms with Gasteiger partial charge < -0.3 is 15.8 Å². The maximum Gasteiger partial charge on any atom is 0.255 e. The van der Waals surface area contributed by atoms with Gasteiger partial charge in [0, 0.05) is 41.8 Å². The molecule has 2 heterocycles. The number of carbonyl (C=O) groups is 1. The first kappa shape index (κ1) is 23.0. The molecule has 4 rings (SSSR count). The number of benzene rings is 2. The van der Waals surface area contributed by atoms with Gasteiger partial charge in [-0.05, 0) is 54.3 Å². The van der Waals surface area contributed by atoms with E-state index in [0.29, 0.717) is 28.7 Å². The number of carbonyl (C=O) groups excluding carboxylic acids is 1. The van der Waals surface area contributed by atoms with Crippen molar-refractivity contribution in [3.05, 3.63) is 89.9 Å². The Morgan fingerprint density at radius 1 is 1.00 bits per heavy atom. The van der Waals surface area contributed by atoms with Crippen molar-refractivity contribution in [1.82, 2.24) is 14.8 Å². The molecule has 4 aromatic rings. The molecule has 0 aliphatic heterocycles. The highest BCUT2D eigenvalue weighted by Crippen LogP contribution is 2.31. The third-order valence-corrected chi connectivity index (χ3v) is 5.65. The van der Waals surface area contributed by atoms with E-state index in [9.17, 15) is 4.79 Å². The number of nitrogens with one attached hydrogen (secondary N) is 1. The van der Waals surface area contributed by atoms with Gasteiger partial charge in [-0.15, -0.1) is 0 Å².